The topological polar surface area (TPSA) is 29.1 Å². The maximum absolute atomic E-state index is 12.1. The lowest BCUT2D eigenvalue weighted by Crippen LogP contribution is -2.25. The molecular formula is C16H19NO. The molecule has 0 atom stereocenters. The molecule has 0 aliphatic heterocycles. The van der Waals surface area contributed by atoms with Crippen LogP contribution in [0.4, 0.5) is 0 Å². The van der Waals surface area contributed by atoms with Gasteiger partial charge in [0.1, 0.15) is 0 Å². The fourth-order valence-electron chi connectivity index (χ4n) is 2.09. The van der Waals surface area contributed by atoms with E-state index >= 15 is 0 Å². The third-order valence-corrected chi connectivity index (χ3v) is 3.29. The van der Waals surface area contributed by atoms with E-state index < -0.39 is 0 Å². The number of amides is 1. The zero-order valence-electron chi connectivity index (χ0n) is 11.0. The molecule has 18 heavy (non-hydrogen) atoms. The van der Waals surface area contributed by atoms with E-state index in [1.807, 2.05) is 43.3 Å². The van der Waals surface area contributed by atoms with Crippen molar-refractivity contribution in [2.24, 2.45) is 0 Å². The fourth-order valence-corrected chi connectivity index (χ4v) is 2.09. The van der Waals surface area contributed by atoms with Gasteiger partial charge in [0.25, 0.3) is 5.91 Å². The molecule has 0 spiro atoms. The van der Waals surface area contributed by atoms with Gasteiger partial charge in [0.2, 0.25) is 0 Å². The first-order chi connectivity index (χ1) is 8.66. The van der Waals surface area contributed by atoms with E-state index in [9.17, 15) is 4.79 Å². The van der Waals surface area contributed by atoms with Crippen molar-refractivity contribution >= 4 is 5.91 Å². The van der Waals surface area contributed by atoms with Crippen LogP contribution in [-0.2, 0) is 11.3 Å². The van der Waals surface area contributed by atoms with Gasteiger partial charge in [-0.25, -0.2) is 0 Å². The molecule has 1 N–H and O–H groups in total. The molecule has 0 saturated heterocycles. The van der Waals surface area contributed by atoms with Crippen LogP contribution in [0.5, 0.6) is 0 Å². The number of nitrogens with one attached hydrogen (secondary N) is 1. The van der Waals surface area contributed by atoms with Gasteiger partial charge in [-0.3, -0.25) is 4.79 Å². The zero-order valence-corrected chi connectivity index (χ0v) is 11.0. The Labute approximate surface area is 108 Å². The summed E-state index contributed by atoms with van der Waals surface area (Å²) in [4.78, 5) is 12.1. The van der Waals surface area contributed by atoms with E-state index in [0.29, 0.717) is 6.54 Å². The fraction of sp³-hybridized carbons (Fsp3) is 0.312. The Morgan fingerprint density at radius 2 is 1.89 bits per heavy atom. The Bertz CT molecular complexity index is 497. The number of benzene rings is 1. The molecule has 1 aliphatic rings. The Kier molecular flexibility index (Phi) is 3.98. The Hall–Kier alpha value is -1.83. The smallest absolute Gasteiger partial charge is 0.251 e. The van der Waals surface area contributed by atoms with E-state index in [-0.39, 0.29) is 5.91 Å². The van der Waals surface area contributed by atoms with Crippen LogP contribution in [0.25, 0.3) is 0 Å². The van der Waals surface area contributed by atoms with Gasteiger partial charge in [0, 0.05) is 12.1 Å². The highest BCUT2D eigenvalue weighted by Gasteiger charge is 2.14. The third kappa shape index (κ3) is 3.10. The van der Waals surface area contributed by atoms with Crippen LogP contribution in [0, 0.1) is 0 Å². The van der Waals surface area contributed by atoms with Crippen molar-refractivity contribution in [3.63, 3.8) is 0 Å². The van der Waals surface area contributed by atoms with Gasteiger partial charge < -0.3 is 5.32 Å². The van der Waals surface area contributed by atoms with Gasteiger partial charge in [-0.2, -0.15) is 0 Å². The first kappa shape index (κ1) is 12.6. The second-order valence-electron chi connectivity index (χ2n) is 4.85. The summed E-state index contributed by atoms with van der Waals surface area (Å²) in [5.41, 5.74) is 4.44. The second-order valence-corrected chi connectivity index (χ2v) is 4.85. The van der Waals surface area contributed by atoms with Gasteiger partial charge in [-0.15, -0.1) is 0 Å². The molecule has 2 heteroatoms. The van der Waals surface area contributed by atoms with Crippen molar-refractivity contribution in [3.8, 4) is 0 Å². The summed E-state index contributed by atoms with van der Waals surface area (Å²) in [6.45, 7) is 4.71. The summed E-state index contributed by atoms with van der Waals surface area (Å²) in [6.07, 6.45) is 4.08. The highest BCUT2D eigenvalue weighted by atomic mass is 16.1. The lowest BCUT2D eigenvalue weighted by molar-refractivity contribution is -0.117. The van der Waals surface area contributed by atoms with Crippen LogP contribution in [0.15, 0.2) is 53.1 Å². The number of allylic oxidation sites excluding steroid dienone is 2. The van der Waals surface area contributed by atoms with E-state index in [4.69, 9.17) is 0 Å². The van der Waals surface area contributed by atoms with Crippen molar-refractivity contribution in [2.45, 2.75) is 33.2 Å². The Morgan fingerprint density at radius 3 is 2.61 bits per heavy atom. The lowest BCUT2D eigenvalue weighted by atomic mass is 9.93. The monoisotopic (exact) mass is 241 g/mol. The molecule has 2 rings (SSSR count). The van der Waals surface area contributed by atoms with E-state index in [1.54, 1.807) is 0 Å². The largest absolute Gasteiger partial charge is 0.348 e. The number of hydrogen-bond acceptors (Lipinski definition) is 1. The third-order valence-electron chi connectivity index (χ3n) is 3.29. The lowest BCUT2D eigenvalue weighted by Gasteiger charge is -2.15. The molecule has 0 heterocycles. The van der Waals surface area contributed by atoms with Crippen LogP contribution in [0.1, 0.15) is 32.3 Å². The summed E-state index contributed by atoms with van der Waals surface area (Å²) < 4.78 is 0. The summed E-state index contributed by atoms with van der Waals surface area (Å²) in [5, 5.41) is 2.98. The van der Waals surface area contributed by atoms with Crippen molar-refractivity contribution in [1.82, 2.24) is 5.32 Å². The number of carbonyl (C=O) groups is 1. The van der Waals surface area contributed by atoms with Gasteiger partial charge >= 0.3 is 0 Å². The van der Waals surface area contributed by atoms with Gasteiger partial charge in [-0.1, -0.05) is 47.6 Å². The predicted molar refractivity (Wildman–Crippen MR) is 74.0 cm³/mol. The minimum absolute atomic E-state index is 0.0374. The molecule has 0 fully saturated rings. The van der Waals surface area contributed by atoms with Crippen molar-refractivity contribution in [2.75, 3.05) is 0 Å². The maximum atomic E-state index is 12.1. The minimum atomic E-state index is 0.0374. The number of hydrogen-bond donors (Lipinski definition) is 1. The van der Waals surface area contributed by atoms with Crippen molar-refractivity contribution in [3.05, 3.63) is 58.7 Å². The molecule has 0 radical (unpaired) electrons. The van der Waals surface area contributed by atoms with Gasteiger partial charge in [-0.05, 0) is 32.3 Å². The van der Waals surface area contributed by atoms with Gasteiger partial charge in [0.05, 0.1) is 0 Å². The molecule has 0 unspecified atom stereocenters. The van der Waals surface area contributed by atoms with Crippen LogP contribution in [0.3, 0.4) is 0 Å². The van der Waals surface area contributed by atoms with Crippen LogP contribution < -0.4 is 5.32 Å². The molecule has 0 saturated carbocycles. The normalized spacial score (nSPS) is 15.3. The summed E-state index contributed by atoms with van der Waals surface area (Å²) in [7, 11) is 0. The average Bonchev–Trinajstić information content (AvgIpc) is 2.40. The Morgan fingerprint density at radius 1 is 1.17 bits per heavy atom. The first-order valence-electron chi connectivity index (χ1n) is 6.36. The minimum Gasteiger partial charge on any atom is -0.348 e. The summed E-state index contributed by atoms with van der Waals surface area (Å²) in [5.74, 6) is 0.0374. The number of carbonyl (C=O) groups excluding carboxylic acids is 1. The first-order valence-corrected chi connectivity index (χ1v) is 6.36. The Balaban J connectivity index is 2.01. The average molecular weight is 241 g/mol. The standard InChI is InChI=1S/C16H19NO/c1-12-8-9-13(2)15(10-12)16(18)17-11-14-6-4-3-5-7-14/h3-7,10H,8-9,11H2,1-2H3,(H,17,18). The summed E-state index contributed by atoms with van der Waals surface area (Å²) >= 11 is 0. The SMILES string of the molecule is CC1=CC(C(=O)NCc2ccccc2)=C(C)CC1. The number of rotatable bonds is 3. The molecule has 1 amide bonds. The van der Waals surface area contributed by atoms with E-state index in [2.05, 4.69) is 12.2 Å². The molecule has 0 aromatic heterocycles. The van der Waals surface area contributed by atoms with E-state index in [1.165, 1.54) is 11.1 Å². The zero-order chi connectivity index (χ0) is 13.0. The molecule has 1 aliphatic carbocycles. The van der Waals surface area contributed by atoms with Crippen LogP contribution in [-0.4, -0.2) is 5.91 Å². The highest BCUT2D eigenvalue weighted by molar-refractivity contribution is 5.97. The van der Waals surface area contributed by atoms with E-state index in [0.717, 1.165) is 24.0 Å². The van der Waals surface area contributed by atoms with Crippen molar-refractivity contribution in [1.29, 1.82) is 0 Å². The van der Waals surface area contributed by atoms with Crippen LogP contribution >= 0.6 is 0 Å². The summed E-state index contributed by atoms with van der Waals surface area (Å²) in [6, 6.07) is 9.98. The molecular weight excluding hydrogens is 222 g/mol. The van der Waals surface area contributed by atoms with Crippen LogP contribution in [0.2, 0.25) is 0 Å². The highest BCUT2D eigenvalue weighted by Crippen LogP contribution is 2.23. The molecule has 1 aromatic carbocycles. The molecule has 2 nitrogen and oxygen atoms in total. The predicted octanol–water partition coefficient (Wildman–Crippen LogP) is 3.36. The maximum Gasteiger partial charge on any atom is 0.251 e. The second kappa shape index (κ2) is 5.67. The molecule has 1 aromatic rings. The molecule has 0 bridgehead atoms. The molecule has 94 valence electrons. The van der Waals surface area contributed by atoms with Crippen molar-refractivity contribution < 1.29 is 4.79 Å². The quantitative estimate of drug-likeness (QED) is 0.863. The van der Waals surface area contributed by atoms with Gasteiger partial charge in [0.15, 0.2) is 0 Å².